The van der Waals surface area contributed by atoms with Crippen molar-refractivity contribution >= 4 is 65.6 Å². The standard InChI is InChI=1S/C48H30N2O/c1-2-10-31(11-3-1)32-18-23-35(24-19-32)49-43-15-7-4-12-37(43)40-29-41-38-13-5-8-16-44(38)50(46(41)30-45(40)49)36-25-20-33(21-26-36)34-22-27-48-42(28-34)39-14-6-9-17-47(39)51-48/h1-30H. The summed E-state index contributed by atoms with van der Waals surface area (Å²) in [6.07, 6.45) is 0. The Morgan fingerprint density at radius 1 is 0.275 bits per heavy atom. The van der Waals surface area contributed by atoms with E-state index in [1.165, 1.54) is 65.9 Å². The number of hydrogen-bond donors (Lipinski definition) is 0. The summed E-state index contributed by atoms with van der Waals surface area (Å²) in [4.78, 5) is 0. The number of nitrogens with zero attached hydrogens (tertiary/aromatic N) is 2. The summed E-state index contributed by atoms with van der Waals surface area (Å²) in [5.41, 5.74) is 13.7. The van der Waals surface area contributed by atoms with E-state index in [-0.39, 0.29) is 0 Å². The van der Waals surface area contributed by atoms with Crippen LogP contribution in [0.1, 0.15) is 0 Å². The molecule has 3 heteroatoms. The Labute approximate surface area is 293 Å². The van der Waals surface area contributed by atoms with Crippen molar-refractivity contribution in [3.63, 3.8) is 0 Å². The summed E-state index contributed by atoms with van der Waals surface area (Å²) in [7, 11) is 0. The Morgan fingerprint density at radius 3 is 1.37 bits per heavy atom. The fourth-order valence-electron chi connectivity index (χ4n) is 8.13. The van der Waals surface area contributed by atoms with Crippen molar-refractivity contribution in [2.45, 2.75) is 0 Å². The van der Waals surface area contributed by atoms with Crippen molar-refractivity contribution in [1.29, 1.82) is 0 Å². The fourth-order valence-corrected chi connectivity index (χ4v) is 8.13. The molecule has 8 aromatic carbocycles. The van der Waals surface area contributed by atoms with Gasteiger partial charge in [-0.1, -0.05) is 115 Å². The third-order valence-corrected chi connectivity index (χ3v) is 10.5. The average molecular weight is 651 g/mol. The van der Waals surface area contributed by atoms with Crippen LogP contribution >= 0.6 is 0 Å². The average Bonchev–Trinajstić information content (AvgIpc) is 3.84. The second-order valence-electron chi connectivity index (χ2n) is 13.4. The molecule has 0 saturated carbocycles. The molecule has 238 valence electrons. The first-order valence-corrected chi connectivity index (χ1v) is 17.4. The van der Waals surface area contributed by atoms with Gasteiger partial charge < -0.3 is 13.6 Å². The number of fused-ring (bicyclic) bond motifs is 9. The minimum absolute atomic E-state index is 0.915. The molecule has 0 spiro atoms. The van der Waals surface area contributed by atoms with Crippen molar-refractivity contribution in [2.24, 2.45) is 0 Å². The highest BCUT2D eigenvalue weighted by Crippen LogP contribution is 2.40. The zero-order valence-electron chi connectivity index (χ0n) is 27.6. The maximum absolute atomic E-state index is 6.10. The van der Waals surface area contributed by atoms with Crippen LogP contribution < -0.4 is 0 Å². The number of rotatable bonds is 4. The number of para-hydroxylation sites is 3. The number of aromatic nitrogens is 2. The molecule has 11 aromatic rings. The molecule has 0 aliphatic heterocycles. The first-order valence-electron chi connectivity index (χ1n) is 17.4. The highest BCUT2D eigenvalue weighted by Gasteiger charge is 2.18. The molecule has 0 atom stereocenters. The van der Waals surface area contributed by atoms with E-state index < -0.39 is 0 Å². The van der Waals surface area contributed by atoms with Crippen LogP contribution in [0.25, 0.3) is 99.2 Å². The van der Waals surface area contributed by atoms with Crippen LogP contribution in [-0.2, 0) is 0 Å². The van der Waals surface area contributed by atoms with Gasteiger partial charge in [0.2, 0.25) is 0 Å². The molecule has 0 saturated heterocycles. The van der Waals surface area contributed by atoms with E-state index >= 15 is 0 Å². The molecule has 11 rings (SSSR count). The smallest absolute Gasteiger partial charge is 0.135 e. The minimum atomic E-state index is 0.915. The summed E-state index contributed by atoms with van der Waals surface area (Å²) in [6, 6.07) is 65.6. The molecule has 0 aliphatic carbocycles. The Hall–Kier alpha value is -6.84. The summed E-state index contributed by atoms with van der Waals surface area (Å²) in [5, 5.41) is 7.30. The number of benzene rings is 8. The minimum Gasteiger partial charge on any atom is -0.456 e. The highest BCUT2D eigenvalue weighted by molar-refractivity contribution is 6.19. The molecule has 3 heterocycles. The summed E-state index contributed by atoms with van der Waals surface area (Å²) < 4.78 is 10.9. The van der Waals surface area contributed by atoms with E-state index in [1.807, 2.05) is 12.1 Å². The van der Waals surface area contributed by atoms with Crippen LogP contribution in [0, 0.1) is 0 Å². The number of furan rings is 1. The second kappa shape index (κ2) is 10.8. The zero-order valence-corrected chi connectivity index (χ0v) is 27.6. The molecular weight excluding hydrogens is 621 g/mol. The second-order valence-corrected chi connectivity index (χ2v) is 13.4. The molecule has 0 fully saturated rings. The van der Waals surface area contributed by atoms with Crippen LogP contribution in [0.4, 0.5) is 0 Å². The van der Waals surface area contributed by atoms with E-state index in [4.69, 9.17) is 4.42 Å². The van der Waals surface area contributed by atoms with Crippen molar-refractivity contribution < 1.29 is 4.42 Å². The number of hydrogen-bond acceptors (Lipinski definition) is 1. The maximum atomic E-state index is 6.10. The van der Waals surface area contributed by atoms with Crippen molar-refractivity contribution in [3.05, 3.63) is 182 Å². The molecule has 0 N–H and O–H groups in total. The lowest BCUT2D eigenvalue weighted by Gasteiger charge is -2.11. The molecule has 0 bridgehead atoms. The third-order valence-electron chi connectivity index (χ3n) is 10.5. The van der Waals surface area contributed by atoms with E-state index in [9.17, 15) is 0 Å². The molecule has 51 heavy (non-hydrogen) atoms. The summed E-state index contributed by atoms with van der Waals surface area (Å²) >= 11 is 0. The van der Waals surface area contributed by atoms with Crippen molar-refractivity contribution in [1.82, 2.24) is 9.13 Å². The monoisotopic (exact) mass is 650 g/mol. The van der Waals surface area contributed by atoms with Gasteiger partial charge in [0.1, 0.15) is 11.2 Å². The van der Waals surface area contributed by atoms with Gasteiger partial charge in [0.05, 0.1) is 22.1 Å². The molecule has 3 nitrogen and oxygen atoms in total. The molecule has 0 aliphatic rings. The van der Waals surface area contributed by atoms with E-state index in [2.05, 4.69) is 179 Å². The van der Waals surface area contributed by atoms with Crippen LogP contribution in [0.5, 0.6) is 0 Å². The van der Waals surface area contributed by atoms with Gasteiger partial charge in [0, 0.05) is 43.7 Å². The lowest BCUT2D eigenvalue weighted by molar-refractivity contribution is 0.669. The van der Waals surface area contributed by atoms with Crippen LogP contribution in [-0.4, -0.2) is 9.13 Å². The molecule has 0 unspecified atom stereocenters. The molecule has 3 aromatic heterocycles. The predicted molar refractivity (Wildman–Crippen MR) is 213 cm³/mol. The van der Waals surface area contributed by atoms with Crippen LogP contribution in [0.15, 0.2) is 186 Å². The zero-order chi connectivity index (χ0) is 33.5. The van der Waals surface area contributed by atoms with E-state index in [1.54, 1.807) is 0 Å². The first kappa shape index (κ1) is 28.0. The van der Waals surface area contributed by atoms with Gasteiger partial charge >= 0.3 is 0 Å². The van der Waals surface area contributed by atoms with Gasteiger partial charge in [-0.25, -0.2) is 0 Å². The largest absolute Gasteiger partial charge is 0.456 e. The molecular formula is C48H30N2O. The van der Waals surface area contributed by atoms with E-state index in [0.717, 1.165) is 33.3 Å². The Balaban J connectivity index is 1.09. The molecule has 0 radical (unpaired) electrons. The first-order chi connectivity index (χ1) is 25.3. The van der Waals surface area contributed by atoms with E-state index in [0.29, 0.717) is 0 Å². The van der Waals surface area contributed by atoms with Crippen molar-refractivity contribution in [3.8, 4) is 33.6 Å². The molecule has 0 amide bonds. The summed E-state index contributed by atoms with van der Waals surface area (Å²) in [6.45, 7) is 0. The summed E-state index contributed by atoms with van der Waals surface area (Å²) in [5.74, 6) is 0. The predicted octanol–water partition coefficient (Wildman–Crippen LogP) is 13.1. The van der Waals surface area contributed by atoms with Gasteiger partial charge in [0.25, 0.3) is 0 Å². The fraction of sp³-hybridized carbons (Fsp3) is 0. The lowest BCUT2D eigenvalue weighted by Crippen LogP contribution is -1.96. The van der Waals surface area contributed by atoms with Gasteiger partial charge in [-0.3, -0.25) is 0 Å². The Bertz CT molecular complexity index is 3100. The SMILES string of the molecule is c1ccc(-c2ccc(-n3c4ccccc4c4cc5c6ccccc6n(-c6ccc(-c7ccc8oc9ccccc9c8c7)cc6)c5cc43)cc2)cc1. The lowest BCUT2D eigenvalue weighted by atomic mass is 10.0. The van der Waals surface area contributed by atoms with Crippen LogP contribution in [0.2, 0.25) is 0 Å². The van der Waals surface area contributed by atoms with Gasteiger partial charge in [-0.2, -0.15) is 0 Å². The normalized spacial score (nSPS) is 11.9. The third kappa shape index (κ3) is 4.25. The quantitative estimate of drug-likeness (QED) is 0.186. The Morgan fingerprint density at radius 2 is 0.745 bits per heavy atom. The van der Waals surface area contributed by atoms with Gasteiger partial charge in [-0.05, 0) is 89.0 Å². The highest BCUT2D eigenvalue weighted by atomic mass is 16.3. The Kier molecular flexibility index (Phi) is 5.96. The van der Waals surface area contributed by atoms with Crippen LogP contribution in [0.3, 0.4) is 0 Å². The van der Waals surface area contributed by atoms with Gasteiger partial charge in [-0.15, -0.1) is 0 Å². The topological polar surface area (TPSA) is 23.0 Å². The van der Waals surface area contributed by atoms with Crippen molar-refractivity contribution in [2.75, 3.05) is 0 Å². The van der Waals surface area contributed by atoms with Gasteiger partial charge in [0.15, 0.2) is 0 Å². The maximum Gasteiger partial charge on any atom is 0.135 e.